The average molecular weight is 250 g/mol. The van der Waals surface area contributed by atoms with E-state index >= 15 is 0 Å². The fourth-order valence-corrected chi connectivity index (χ4v) is 1.29. The first-order chi connectivity index (χ1) is 8.52. The summed E-state index contributed by atoms with van der Waals surface area (Å²) < 4.78 is 12.7. The van der Waals surface area contributed by atoms with E-state index in [2.05, 4.69) is 0 Å². The number of halogens is 1. The van der Waals surface area contributed by atoms with Crippen LogP contribution in [-0.4, -0.2) is 36.2 Å². The molecule has 0 atom stereocenters. The van der Waals surface area contributed by atoms with E-state index in [1.54, 1.807) is 19.2 Å². The molecule has 0 aromatic heterocycles. The van der Waals surface area contributed by atoms with Crippen LogP contribution in [0.1, 0.15) is 5.56 Å². The van der Waals surface area contributed by atoms with Gasteiger partial charge in [-0.1, -0.05) is 12.1 Å². The minimum atomic E-state index is -0.305. The molecule has 0 fully saturated rings. The number of rotatable bonds is 5. The Kier molecular flexibility index (Phi) is 5.05. The molecular formula is C13H15FN2O2. The lowest BCUT2D eigenvalue weighted by atomic mass is 10.2. The predicted molar refractivity (Wildman–Crippen MR) is 65.8 cm³/mol. The van der Waals surface area contributed by atoms with Gasteiger partial charge in [-0.2, -0.15) is 0 Å². The molecule has 0 spiro atoms. The van der Waals surface area contributed by atoms with Crippen molar-refractivity contribution in [3.63, 3.8) is 0 Å². The molecule has 1 aromatic carbocycles. The molecule has 0 bridgehead atoms. The first kappa shape index (κ1) is 13.9. The van der Waals surface area contributed by atoms with E-state index in [4.69, 9.17) is 0 Å². The van der Waals surface area contributed by atoms with E-state index in [0.29, 0.717) is 13.0 Å². The van der Waals surface area contributed by atoms with Crippen LogP contribution in [0.4, 0.5) is 4.39 Å². The van der Waals surface area contributed by atoms with Crippen molar-refractivity contribution >= 4 is 12.3 Å². The maximum absolute atomic E-state index is 12.7. The molecule has 18 heavy (non-hydrogen) atoms. The molecule has 0 saturated carbocycles. The maximum Gasteiger partial charge on any atom is 0.248 e. The van der Waals surface area contributed by atoms with Crippen LogP contribution >= 0.6 is 0 Å². The molecule has 0 unspecified atom stereocenters. The van der Waals surface area contributed by atoms with Gasteiger partial charge in [0.1, 0.15) is 5.82 Å². The predicted octanol–water partition coefficient (Wildman–Crippen LogP) is 1.39. The third-order valence-corrected chi connectivity index (χ3v) is 2.33. The zero-order valence-corrected chi connectivity index (χ0v) is 10.3. The van der Waals surface area contributed by atoms with Gasteiger partial charge in [0.25, 0.3) is 0 Å². The summed E-state index contributed by atoms with van der Waals surface area (Å²) in [5, 5.41) is 0. The second-order valence-corrected chi connectivity index (χ2v) is 3.91. The van der Waals surface area contributed by atoms with Crippen molar-refractivity contribution in [1.29, 1.82) is 0 Å². The lowest BCUT2D eigenvalue weighted by molar-refractivity contribution is -0.125. The van der Waals surface area contributed by atoms with Crippen LogP contribution in [0.15, 0.2) is 36.5 Å². The van der Waals surface area contributed by atoms with Crippen LogP contribution < -0.4 is 0 Å². The van der Waals surface area contributed by atoms with Crippen molar-refractivity contribution < 1.29 is 14.0 Å². The third-order valence-electron chi connectivity index (χ3n) is 2.33. The van der Waals surface area contributed by atoms with Crippen molar-refractivity contribution in [2.45, 2.75) is 6.54 Å². The largest absolute Gasteiger partial charge is 0.338 e. The van der Waals surface area contributed by atoms with Gasteiger partial charge >= 0.3 is 0 Å². The van der Waals surface area contributed by atoms with E-state index in [0.717, 1.165) is 5.56 Å². The molecule has 0 saturated heterocycles. The highest BCUT2D eigenvalue weighted by molar-refractivity contribution is 5.87. The Bertz CT molecular complexity index is 443. The minimum absolute atomic E-state index is 0.229. The van der Waals surface area contributed by atoms with Crippen molar-refractivity contribution in [3.05, 3.63) is 47.9 Å². The zero-order chi connectivity index (χ0) is 13.5. The van der Waals surface area contributed by atoms with Crippen molar-refractivity contribution in [2.75, 3.05) is 14.1 Å². The Hall–Kier alpha value is -2.17. The SMILES string of the molecule is CN(C=O)/C=C\C(=O)N(C)Cc1ccc(F)cc1. The minimum Gasteiger partial charge on any atom is -0.338 e. The number of carbonyl (C=O) groups is 2. The Morgan fingerprint density at radius 1 is 1.28 bits per heavy atom. The summed E-state index contributed by atoms with van der Waals surface area (Å²) in [5.41, 5.74) is 0.837. The van der Waals surface area contributed by atoms with E-state index in [9.17, 15) is 14.0 Å². The Morgan fingerprint density at radius 2 is 1.89 bits per heavy atom. The number of likely N-dealkylation sites (N-methyl/N-ethyl adjacent to an activating group) is 1. The molecule has 0 aliphatic heterocycles. The average Bonchev–Trinajstić information content (AvgIpc) is 2.38. The molecule has 5 heteroatoms. The van der Waals surface area contributed by atoms with Crippen LogP contribution in [0.2, 0.25) is 0 Å². The fraction of sp³-hybridized carbons (Fsp3) is 0.231. The van der Waals surface area contributed by atoms with Crippen LogP contribution in [0, 0.1) is 5.82 Å². The lowest BCUT2D eigenvalue weighted by Gasteiger charge is -2.15. The standard InChI is InChI=1S/C13H15FN2O2/c1-15(10-17)8-7-13(18)16(2)9-11-3-5-12(14)6-4-11/h3-8,10H,9H2,1-2H3/b8-7-. The molecule has 0 heterocycles. The van der Waals surface area contributed by atoms with E-state index in [1.807, 2.05) is 0 Å². The molecular weight excluding hydrogens is 235 g/mol. The normalized spacial score (nSPS) is 10.4. The first-order valence-corrected chi connectivity index (χ1v) is 5.38. The van der Waals surface area contributed by atoms with Gasteiger partial charge in [-0.05, 0) is 17.7 Å². The zero-order valence-electron chi connectivity index (χ0n) is 10.3. The number of benzene rings is 1. The summed E-state index contributed by atoms with van der Waals surface area (Å²) in [6.07, 6.45) is 3.29. The quantitative estimate of drug-likeness (QED) is 0.585. The molecule has 2 amide bonds. The van der Waals surface area contributed by atoms with E-state index in [1.165, 1.54) is 41.3 Å². The molecule has 96 valence electrons. The molecule has 0 N–H and O–H groups in total. The van der Waals surface area contributed by atoms with Gasteiger partial charge in [0, 0.05) is 32.9 Å². The van der Waals surface area contributed by atoms with Crippen molar-refractivity contribution in [3.8, 4) is 0 Å². The van der Waals surface area contributed by atoms with Crippen molar-refractivity contribution in [1.82, 2.24) is 9.80 Å². The second kappa shape index (κ2) is 6.54. The number of hydrogen-bond acceptors (Lipinski definition) is 2. The first-order valence-electron chi connectivity index (χ1n) is 5.38. The maximum atomic E-state index is 12.7. The van der Waals surface area contributed by atoms with Gasteiger partial charge in [-0.25, -0.2) is 4.39 Å². The number of nitrogens with zero attached hydrogens (tertiary/aromatic N) is 2. The van der Waals surface area contributed by atoms with Crippen LogP contribution in [0.25, 0.3) is 0 Å². The van der Waals surface area contributed by atoms with Gasteiger partial charge in [-0.3, -0.25) is 9.59 Å². The Balaban J connectivity index is 2.57. The highest BCUT2D eigenvalue weighted by atomic mass is 19.1. The van der Waals surface area contributed by atoms with Crippen LogP contribution in [0.3, 0.4) is 0 Å². The second-order valence-electron chi connectivity index (χ2n) is 3.91. The summed E-state index contributed by atoms with van der Waals surface area (Å²) in [7, 11) is 3.17. The number of amides is 2. The fourth-order valence-electron chi connectivity index (χ4n) is 1.29. The third kappa shape index (κ3) is 4.37. The summed E-state index contributed by atoms with van der Waals surface area (Å²) in [4.78, 5) is 24.7. The van der Waals surface area contributed by atoms with Gasteiger partial charge in [0.05, 0.1) is 0 Å². The summed E-state index contributed by atoms with van der Waals surface area (Å²) in [5.74, 6) is -0.534. The topological polar surface area (TPSA) is 40.6 Å². The molecule has 0 aliphatic rings. The van der Waals surface area contributed by atoms with Gasteiger partial charge < -0.3 is 9.80 Å². The molecule has 1 aromatic rings. The Labute approximate surface area is 105 Å². The van der Waals surface area contributed by atoms with Crippen LogP contribution in [-0.2, 0) is 16.1 Å². The number of hydrogen-bond donors (Lipinski definition) is 0. The highest BCUT2D eigenvalue weighted by Crippen LogP contribution is 2.05. The number of carbonyl (C=O) groups excluding carboxylic acids is 2. The van der Waals surface area contributed by atoms with Gasteiger partial charge in [0.2, 0.25) is 12.3 Å². The summed E-state index contributed by atoms with van der Waals surface area (Å²) in [6, 6.07) is 5.95. The van der Waals surface area contributed by atoms with E-state index in [-0.39, 0.29) is 11.7 Å². The smallest absolute Gasteiger partial charge is 0.248 e. The Morgan fingerprint density at radius 3 is 2.44 bits per heavy atom. The molecule has 0 radical (unpaired) electrons. The summed E-state index contributed by atoms with van der Waals surface area (Å²) >= 11 is 0. The van der Waals surface area contributed by atoms with Gasteiger partial charge in [-0.15, -0.1) is 0 Å². The lowest BCUT2D eigenvalue weighted by Crippen LogP contribution is -2.24. The highest BCUT2D eigenvalue weighted by Gasteiger charge is 2.05. The monoisotopic (exact) mass is 250 g/mol. The molecule has 4 nitrogen and oxygen atoms in total. The van der Waals surface area contributed by atoms with Crippen LogP contribution in [0.5, 0.6) is 0 Å². The van der Waals surface area contributed by atoms with Crippen molar-refractivity contribution in [2.24, 2.45) is 0 Å². The molecule has 1 rings (SSSR count). The molecule has 0 aliphatic carbocycles. The van der Waals surface area contributed by atoms with E-state index < -0.39 is 0 Å². The summed E-state index contributed by atoms with van der Waals surface area (Å²) in [6.45, 7) is 0.383. The van der Waals surface area contributed by atoms with Gasteiger partial charge in [0.15, 0.2) is 0 Å².